The number of nitrogens with two attached hydrogens (primary N) is 1. The minimum Gasteiger partial charge on any atom is -0.389 e. The predicted molar refractivity (Wildman–Crippen MR) is 76.7 cm³/mol. The van der Waals surface area contributed by atoms with E-state index in [0.717, 1.165) is 19.5 Å². The molecule has 1 amide bonds. The fraction of sp³-hybridized carbons (Fsp3) is 0.929. The number of amides is 1. The smallest absolute Gasteiger partial charge is 0.239 e. The maximum atomic E-state index is 12.2. The zero-order valence-electron chi connectivity index (χ0n) is 12.7. The van der Waals surface area contributed by atoms with Crippen molar-refractivity contribution >= 4 is 5.91 Å². The highest BCUT2D eigenvalue weighted by Gasteiger charge is 2.29. The molecule has 112 valence electrons. The molecule has 0 saturated carbocycles. The quantitative estimate of drug-likeness (QED) is 0.753. The van der Waals surface area contributed by atoms with Gasteiger partial charge >= 0.3 is 0 Å². The van der Waals surface area contributed by atoms with Crippen molar-refractivity contribution in [1.29, 1.82) is 0 Å². The first-order chi connectivity index (χ1) is 8.74. The molecule has 0 aliphatic carbocycles. The molecule has 1 aliphatic rings. The van der Waals surface area contributed by atoms with E-state index in [2.05, 4.69) is 11.8 Å². The minimum atomic E-state index is -0.681. The van der Waals surface area contributed by atoms with Crippen LogP contribution in [0.2, 0.25) is 0 Å². The number of carbonyl (C=O) groups is 1. The van der Waals surface area contributed by atoms with Gasteiger partial charge in [-0.05, 0) is 19.8 Å². The summed E-state index contributed by atoms with van der Waals surface area (Å²) in [5.74, 6) is 0.291. The third kappa shape index (κ3) is 5.09. The molecule has 1 heterocycles. The van der Waals surface area contributed by atoms with E-state index in [9.17, 15) is 9.90 Å². The zero-order valence-corrected chi connectivity index (χ0v) is 12.7. The van der Waals surface area contributed by atoms with E-state index in [4.69, 9.17) is 5.73 Å². The molecule has 19 heavy (non-hydrogen) atoms. The molecule has 0 bridgehead atoms. The molecule has 5 nitrogen and oxygen atoms in total. The van der Waals surface area contributed by atoms with Crippen molar-refractivity contribution in [2.24, 2.45) is 11.7 Å². The van der Waals surface area contributed by atoms with E-state index in [1.165, 1.54) is 0 Å². The lowest BCUT2D eigenvalue weighted by atomic mass is 9.98. The van der Waals surface area contributed by atoms with Crippen LogP contribution in [0.5, 0.6) is 0 Å². The van der Waals surface area contributed by atoms with E-state index in [0.29, 0.717) is 19.6 Å². The van der Waals surface area contributed by atoms with Crippen molar-refractivity contribution < 1.29 is 9.90 Å². The summed E-state index contributed by atoms with van der Waals surface area (Å²) in [4.78, 5) is 16.3. The molecule has 1 aliphatic heterocycles. The summed E-state index contributed by atoms with van der Waals surface area (Å²) in [7, 11) is 0. The lowest BCUT2D eigenvalue weighted by Gasteiger charge is -2.38. The molecule has 0 radical (unpaired) electrons. The van der Waals surface area contributed by atoms with Crippen molar-refractivity contribution in [3.63, 3.8) is 0 Å². The van der Waals surface area contributed by atoms with Crippen molar-refractivity contribution in [2.75, 3.05) is 32.7 Å². The van der Waals surface area contributed by atoms with E-state index in [1.54, 1.807) is 0 Å². The summed E-state index contributed by atoms with van der Waals surface area (Å²) in [6.07, 6.45) is 0.922. The highest BCUT2D eigenvalue weighted by Crippen LogP contribution is 2.12. The minimum absolute atomic E-state index is 0.0669. The van der Waals surface area contributed by atoms with Gasteiger partial charge in [0.15, 0.2) is 0 Å². The topological polar surface area (TPSA) is 69.8 Å². The van der Waals surface area contributed by atoms with Crippen LogP contribution in [-0.2, 0) is 4.79 Å². The van der Waals surface area contributed by atoms with Gasteiger partial charge in [0.05, 0.1) is 11.6 Å². The SMILES string of the molecule is CC[C@H](C)[C@H](N)C(=O)N1CCN(CC(C)(C)O)CC1. The third-order valence-electron chi connectivity index (χ3n) is 3.84. The number of nitrogens with zero attached hydrogens (tertiary/aromatic N) is 2. The molecule has 0 unspecified atom stereocenters. The van der Waals surface area contributed by atoms with Gasteiger partial charge in [0.1, 0.15) is 0 Å². The van der Waals surface area contributed by atoms with Gasteiger partial charge in [0, 0.05) is 32.7 Å². The maximum absolute atomic E-state index is 12.2. The van der Waals surface area contributed by atoms with Gasteiger partial charge in [-0.1, -0.05) is 20.3 Å². The molecule has 5 heteroatoms. The molecular formula is C14H29N3O2. The Morgan fingerprint density at radius 2 is 1.84 bits per heavy atom. The predicted octanol–water partition coefficient (Wildman–Crippen LogP) is 0.275. The summed E-state index contributed by atoms with van der Waals surface area (Å²) < 4.78 is 0. The van der Waals surface area contributed by atoms with E-state index in [1.807, 2.05) is 25.7 Å². The average Bonchev–Trinajstić information content (AvgIpc) is 2.35. The summed E-state index contributed by atoms with van der Waals surface area (Å²) in [5, 5.41) is 9.80. The number of β-amino-alcohol motifs (C(OH)–C–C–N with tert-alkyl or cyclic N) is 1. The zero-order chi connectivity index (χ0) is 14.6. The van der Waals surface area contributed by atoms with Crippen molar-refractivity contribution in [1.82, 2.24) is 9.80 Å². The molecule has 3 N–H and O–H groups in total. The lowest BCUT2D eigenvalue weighted by molar-refractivity contribution is -0.135. The fourth-order valence-electron chi connectivity index (χ4n) is 2.38. The molecule has 1 fully saturated rings. The van der Waals surface area contributed by atoms with Gasteiger partial charge in [-0.15, -0.1) is 0 Å². The van der Waals surface area contributed by atoms with Gasteiger partial charge in [0.25, 0.3) is 0 Å². The Kier molecular flexibility index (Phi) is 5.77. The molecule has 0 aromatic carbocycles. The fourth-order valence-corrected chi connectivity index (χ4v) is 2.38. The van der Waals surface area contributed by atoms with Crippen molar-refractivity contribution in [3.05, 3.63) is 0 Å². The first-order valence-corrected chi connectivity index (χ1v) is 7.23. The normalized spacial score (nSPS) is 21.3. The van der Waals surface area contributed by atoms with Gasteiger partial charge in [-0.25, -0.2) is 0 Å². The van der Waals surface area contributed by atoms with Gasteiger partial charge in [-0.3, -0.25) is 9.69 Å². The van der Waals surface area contributed by atoms with Crippen molar-refractivity contribution in [3.8, 4) is 0 Å². The summed E-state index contributed by atoms with van der Waals surface area (Å²) >= 11 is 0. The Morgan fingerprint density at radius 3 is 2.26 bits per heavy atom. The second-order valence-electron chi connectivity index (χ2n) is 6.33. The van der Waals surface area contributed by atoms with Crippen LogP contribution in [0.15, 0.2) is 0 Å². The van der Waals surface area contributed by atoms with Crippen LogP contribution in [-0.4, -0.2) is 65.2 Å². The Morgan fingerprint density at radius 1 is 1.32 bits per heavy atom. The number of rotatable bonds is 5. The average molecular weight is 271 g/mol. The summed E-state index contributed by atoms with van der Waals surface area (Å²) in [5.41, 5.74) is 5.31. The molecule has 0 aromatic rings. The summed E-state index contributed by atoms with van der Waals surface area (Å²) in [6, 6.07) is -0.383. The molecule has 0 spiro atoms. The van der Waals surface area contributed by atoms with Gasteiger partial charge in [0.2, 0.25) is 5.91 Å². The largest absolute Gasteiger partial charge is 0.389 e. The van der Waals surface area contributed by atoms with Crippen LogP contribution in [0.3, 0.4) is 0 Å². The maximum Gasteiger partial charge on any atom is 0.239 e. The lowest BCUT2D eigenvalue weighted by Crippen LogP contribution is -2.56. The Hall–Kier alpha value is -0.650. The van der Waals surface area contributed by atoms with Crippen molar-refractivity contribution in [2.45, 2.75) is 45.8 Å². The number of hydrogen-bond donors (Lipinski definition) is 2. The highest BCUT2D eigenvalue weighted by molar-refractivity contribution is 5.82. The van der Waals surface area contributed by atoms with Crippen LogP contribution >= 0.6 is 0 Å². The van der Waals surface area contributed by atoms with Gasteiger partial charge < -0.3 is 15.7 Å². The highest BCUT2D eigenvalue weighted by atomic mass is 16.3. The standard InChI is InChI=1S/C14H29N3O2/c1-5-11(2)12(15)13(18)17-8-6-16(7-9-17)10-14(3,4)19/h11-12,19H,5-10,15H2,1-4H3/t11-,12-/m0/s1. The Labute approximate surface area is 116 Å². The van der Waals surface area contributed by atoms with Crippen LogP contribution in [0.4, 0.5) is 0 Å². The van der Waals surface area contributed by atoms with Gasteiger partial charge in [-0.2, -0.15) is 0 Å². The number of carbonyl (C=O) groups excluding carboxylic acids is 1. The Balaban J connectivity index is 2.43. The monoisotopic (exact) mass is 271 g/mol. The van der Waals surface area contributed by atoms with E-state index >= 15 is 0 Å². The number of hydrogen-bond acceptors (Lipinski definition) is 4. The third-order valence-corrected chi connectivity index (χ3v) is 3.84. The molecule has 1 rings (SSSR count). The molecule has 1 saturated heterocycles. The van der Waals surface area contributed by atoms with Crippen LogP contribution in [0, 0.1) is 5.92 Å². The van der Waals surface area contributed by atoms with Crippen LogP contribution in [0.25, 0.3) is 0 Å². The van der Waals surface area contributed by atoms with E-state index < -0.39 is 5.60 Å². The van der Waals surface area contributed by atoms with E-state index in [-0.39, 0.29) is 17.9 Å². The first kappa shape index (κ1) is 16.4. The van der Waals surface area contributed by atoms with Crippen LogP contribution in [0.1, 0.15) is 34.1 Å². The number of piperazine rings is 1. The molecule has 2 atom stereocenters. The first-order valence-electron chi connectivity index (χ1n) is 7.23. The second-order valence-corrected chi connectivity index (χ2v) is 6.33. The molecular weight excluding hydrogens is 242 g/mol. The van der Waals surface area contributed by atoms with Crippen LogP contribution < -0.4 is 5.73 Å². The summed E-state index contributed by atoms with van der Waals surface area (Å²) in [6.45, 7) is 11.4. The Bertz CT molecular complexity index is 294. The second kappa shape index (κ2) is 6.68. The number of aliphatic hydroxyl groups is 1. The molecule has 0 aromatic heterocycles.